The van der Waals surface area contributed by atoms with Crippen molar-refractivity contribution in [3.8, 4) is 11.3 Å². The normalized spacial score (nSPS) is 18.0. The maximum Gasteiger partial charge on any atom is 0.410 e. The molecule has 640 valence electrons. The second-order valence-corrected chi connectivity index (χ2v) is 34.0. The van der Waals surface area contributed by atoms with Crippen LogP contribution >= 0.6 is 46.4 Å². The fourth-order valence-corrected chi connectivity index (χ4v) is 18.1. The first-order valence-corrected chi connectivity index (χ1v) is 43.9. The molecule has 9 aromatic heterocycles. The Bertz CT molecular complexity index is 5710. The van der Waals surface area contributed by atoms with Gasteiger partial charge in [-0.1, -0.05) is 125 Å². The van der Waals surface area contributed by atoms with Crippen molar-refractivity contribution in [1.82, 2.24) is 95.9 Å². The van der Waals surface area contributed by atoms with Crippen LogP contribution in [-0.2, 0) is 4.74 Å². The topological polar surface area (TPSA) is 333 Å². The van der Waals surface area contributed by atoms with Gasteiger partial charge in [0, 0.05) is 149 Å². The molecule has 1 amide bonds. The molecule has 0 aliphatic carbocycles. The first-order valence-electron chi connectivity index (χ1n) is 42.4. The summed E-state index contributed by atoms with van der Waals surface area (Å²) in [5.41, 5.74) is 9.13. The van der Waals surface area contributed by atoms with Crippen LogP contribution in [0.15, 0.2) is 202 Å². The van der Waals surface area contributed by atoms with Crippen molar-refractivity contribution in [1.29, 1.82) is 0 Å². The van der Waals surface area contributed by atoms with E-state index in [-0.39, 0.29) is 30.3 Å². The molecule has 13 aromatic rings. The summed E-state index contributed by atoms with van der Waals surface area (Å²) in [5.74, 6) is 10.1. The summed E-state index contributed by atoms with van der Waals surface area (Å²) >= 11 is 25.9. The number of amides is 1. The molecule has 19 rings (SSSR count). The number of carbonyl (C=O) groups excluding carboxylic acids is 1. The maximum absolute atomic E-state index is 12.4. The van der Waals surface area contributed by atoms with E-state index in [4.69, 9.17) is 51.1 Å². The third-order valence-electron chi connectivity index (χ3n) is 22.9. The number of rotatable bonds is 20. The molecule has 0 saturated carbocycles. The minimum Gasteiger partial charge on any atom is -0.444 e. The summed E-state index contributed by atoms with van der Waals surface area (Å²) < 4.78 is 5.51. The molecule has 0 bridgehead atoms. The fraction of sp³-hybridized carbons (Fsp3) is 0.341. The molecule has 33 heteroatoms. The van der Waals surface area contributed by atoms with Crippen LogP contribution in [0.1, 0.15) is 180 Å². The van der Waals surface area contributed by atoms with Crippen LogP contribution in [0.25, 0.3) is 17.3 Å². The molecule has 4 aromatic carbocycles. The second kappa shape index (κ2) is 40.4. The lowest BCUT2D eigenvalue weighted by molar-refractivity contribution is 0.0204. The fourth-order valence-electron chi connectivity index (χ4n) is 17.0. The number of aromatic amines is 4. The molecule has 124 heavy (non-hydrogen) atoms. The van der Waals surface area contributed by atoms with Gasteiger partial charge in [-0.2, -0.15) is 20.4 Å². The molecule has 9 N–H and O–H groups in total. The Morgan fingerprint density at radius 3 is 1.17 bits per heavy atom. The predicted octanol–water partition coefficient (Wildman–Crippen LogP) is 20.4. The van der Waals surface area contributed by atoms with Crippen LogP contribution in [0.2, 0.25) is 20.1 Å². The van der Waals surface area contributed by atoms with Gasteiger partial charge in [-0.15, -0.1) is 0 Å². The third-order valence-corrected chi connectivity index (χ3v) is 24.3. The number of pyridine rings is 1. The Labute approximate surface area is 740 Å². The van der Waals surface area contributed by atoms with E-state index in [1.807, 2.05) is 167 Å². The van der Waals surface area contributed by atoms with Crippen LogP contribution in [-0.4, -0.2) is 155 Å². The largest absolute Gasteiger partial charge is 0.444 e. The number of likely N-dealkylation sites (tertiary alicyclic amines) is 1. The molecule has 6 aliphatic heterocycles. The van der Waals surface area contributed by atoms with Crippen LogP contribution < -0.4 is 46.2 Å². The lowest BCUT2D eigenvalue weighted by Gasteiger charge is -2.33. The van der Waals surface area contributed by atoms with E-state index in [1.165, 1.54) is 5.69 Å². The van der Waals surface area contributed by atoms with Gasteiger partial charge in [-0.3, -0.25) is 25.4 Å². The van der Waals surface area contributed by atoms with Gasteiger partial charge in [0.2, 0.25) is 0 Å². The number of halogens is 4. The highest BCUT2D eigenvalue weighted by Gasteiger charge is 2.35. The molecule has 0 spiro atoms. The van der Waals surface area contributed by atoms with Crippen molar-refractivity contribution in [2.75, 3.05) is 93.2 Å². The Hall–Kier alpha value is -12.3. The monoisotopic (exact) mass is 1740 g/mol. The van der Waals surface area contributed by atoms with E-state index in [2.05, 4.69) is 162 Å². The first-order chi connectivity index (χ1) is 60.6. The summed E-state index contributed by atoms with van der Waals surface area (Å²) in [7, 11) is 0. The maximum atomic E-state index is 12.4. The third kappa shape index (κ3) is 21.5. The molecule has 6 fully saturated rings. The van der Waals surface area contributed by atoms with Crippen molar-refractivity contribution in [2.24, 2.45) is 0 Å². The number of ether oxygens (including phenoxy) is 1. The van der Waals surface area contributed by atoms with Crippen LogP contribution in [0.5, 0.6) is 0 Å². The van der Waals surface area contributed by atoms with Crippen molar-refractivity contribution < 1.29 is 9.53 Å². The van der Waals surface area contributed by atoms with Crippen LogP contribution in [0.4, 0.5) is 74.6 Å². The number of hydrogen-bond donors (Lipinski definition) is 9. The van der Waals surface area contributed by atoms with Crippen molar-refractivity contribution in [3.63, 3.8) is 0 Å². The first kappa shape index (κ1) is 85.3. The van der Waals surface area contributed by atoms with Gasteiger partial charge < -0.3 is 55.8 Å². The van der Waals surface area contributed by atoms with Gasteiger partial charge in [0.25, 0.3) is 0 Å². The lowest BCUT2D eigenvalue weighted by atomic mass is 9.94. The van der Waals surface area contributed by atoms with Gasteiger partial charge in [0.05, 0.1) is 35.6 Å². The zero-order chi connectivity index (χ0) is 85.3. The highest BCUT2D eigenvalue weighted by atomic mass is 35.5. The van der Waals surface area contributed by atoms with E-state index < -0.39 is 5.60 Å². The number of carbonyl (C=O) groups is 1. The number of H-pyrrole nitrogens is 4. The summed E-state index contributed by atoms with van der Waals surface area (Å²) in [6, 6.07) is 52.8. The predicted molar refractivity (Wildman–Crippen MR) is 491 cm³/mol. The van der Waals surface area contributed by atoms with E-state index >= 15 is 0 Å². The minimum atomic E-state index is -0.483. The Morgan fingerprint density at radius 2 is 0.790 bits per heavy atom. The Balaban J connectivity index is 0.000000123. The number of nitrogens with zero attached hydrogens (tertiary/aromatic N) is 18. The van der Waals surface area contributed by atoms with Gasteiger partial charge in [0.1, 0.15) is 77.5 Å². The van der Waals surface area contributed by atoms with Crippen molar-refractivity contribution >= 4 is 128 Å². The van der Waals surface area contributed by atoms with Gasteiger partial charge >= 0.3 is 6.09 Å². The highest BCUT2D eigenvalue weighted by Crippen LogP contribution is 2.44. The van der Waals surface area contributed by atoms with E-state index in [0.717, 1.165) is 222 Å². The van der Waals surface area contributed by atoms with Gasteiger partial charge in [-0.25, -0.2) is 44.7 Å². The second-order valence-electron chi connectivity index (χ2n) is 32.3. The molecule has 4 unspecified atom stereocenters. The quantitative estimate of drug-likeness (QED) is 0.0342. The number of aromatic nitrogens is 17. The molecular formula is C91H101Cl4N27O2. The van der Waals surface area contributed by atoms with Crippen LogP contribution in [0.3, 0.4) is 0 Å². The summed E-state index contributed by atoms with van der Waals surface area (Å²) in [4.78, 5) is 63.1. The number of hydrogen-bond acceptors (Lipinski definition) is 24. The van der Waals surface area contributed by atoms with E-state index in [0.29, 0.717) is 54.0 Å². The highest BCUT2D eigenvalue weighted by molar-refractivity contribution is 6.32. The molecule has 6 saturated heterocycles. The number of anilines is 12. The van der Waals surface area contributed by atoms with E-state index in [9.17, 15) is 4.79 Å². The Kier molecular flexibility index (Phi) is 27.8. The van der Waals surface area contributed by atoms with Gasteiger partial charge in [-0.05, 0) is 183 Å². The summed E-state index contributed by atoms with van der Waals surface area (Å²) in [6.07, 6.45) is 26.2. The molecule has 6 aliphatic rings. The van der Waals surface area contributed by atoms with Crippen molar-refractivity contribution in [3.05, 3.63) is 261 Å². The SMILES string of the molecule is C/C=C/c1cc(Nc2cc(N3CCCC3c3ccccc3Cl)ncn2)n[nH]1.CC(C)(C)OC(=O)N1CCC(c2cc(Nc3cc(N4CCCC4c4ccccc4Cl)ncn3)n[nH]2)CC1.Clc1ccccc1C1CCCN1c1cc(Nc2cc(-c3cccnc3)[nH]n2)ncn1.Clc1ccccc1C1CCCN1c1cc(Nc2cc(C3CCNCC3)[nH]n2)ncn1. The number of nitrogens with one attached hydrogen (secondary N) is 9. The molecule has 0 radical (unpaired) electrons. The lowest BCUT2D eigenvalue weighted by Crippen LogP contribution is -2.41. The molecule has 29 nitrogen and oxygen atoms in total. The minimum absolute atomic E-state index is 0.194. The smallest absolute Gasteiger partial charge is 0.410 e. The zero-order valence-corrected chi connectivity index (χ0v) is 72.6. The summed E-state index contributed by atoms with van der Waals surface area (Å²) in [6.45, 7) is 14.8. The average Bonchev–Trinajstić information content (AvgIpc) is 1.64. The standard InChI is InChI=1S/C27H34ClN7O2.C22H20ClN7.C22H26ClN7.C20H21ClN6/c1-27(2,3)37-26(36)34-13-10-18(11-14-34)21-15-24(33-32-21)31-23-16-25(30-17-29-23)35-12-6-9-22(35)19-7-4-5-8-20(19)28;23-17-7-2-1-6-16(17)19-8-4-10-30(19)22-12-20(25-14-26-22)27-21-11-18(28-29-21)15-5-3-9-24-13-15;23-17-5-2-1-4-16(17)19-6-3-11-30(19)22-13-20(25-14-26-22)27-21-12-18(28-29-21)15-7-9-24-10-8-15;1-2-6-14-11-19(26-25-14)24-18-12-20(23-13-22-18)27-10-5-9-17(27)15-7-3-4-8-16(15)21/h4-5,7-8,15-18,22H,6,9-14H2,1-3H3,(H2,29,30,31,32,33);1-3,5-7,9,11-14,19H,4,8,10H2,(H2,25,26,27,28,29);1-2,4-5,12-15,19,24H,3,6-11H2,(H2,25,26,27,28,29);2-4,6-8,11-13,17H,5,9-10H2,1H3,(H2,22,23,24,25,26)/b;;;6-2+. The summed E-state index contributed by atoms with van der Waals surface area (Å²) in [5, 5.41) is 49.6. The zero-order valence-electron chi connectivity index (χ0n) is 69.6. The number of benzene rings is 4. The Morgan fingerprint density at radius 1 is 0.419 bits per heavy atom. The average molecular weight is 1750 g/mol. The number of piperidine rings is 2. The molecule has 15 heterocycles. The molecular weight excluding hydrogens is 1640 g/mol. The van der Waals surface area contributed by atoms with Gasteiger partial charge in [0.15, 0.2) is 23.3 Å². The number of allylic oxidation sites excluding steroid dienone is 1. The van der Waals surface area contributed by atoms with Crippen molar-refractivity contribution in [2.45, 2.75) is 146 Å². The molecule has 4 atom stereocenters. The van der Waals surface area contributed by atoms with Crippen LogP contribution in [0, 0.1) is 0 Å². The van der Waals surface area contributed by atoms with E-state index in [1.54, 1.807) is 42.6 Å².